The van der Waals surface area contributed by atoms with E-state index >= 15 is 0 Å². The quantitative estimate of drug-likeness (QED) is 0.719. The highest BCUT2D eigenvalue weighted by molar-refractivity contribution is 7.67. The second kappa shape index (κ2) is 4.48. The van der Waals surface area contributed by atoms with Crippen molar-refractivity contribution in [2.24, 2.45) is 0 Å². The summed E-state index contributed by atoms with van der Waals surface area (Å²) in [6, 6.07) is 3.88. The molecule has 0 bridgehead atoms. The predicted octanol–water partition coefficient (Wildman–Crippen LogP) is 0.834. The van der Waals surface area contributed by atoms with E-state index in [0.29, 0.717) is 6.42 Å². The molecular formula is C6H8O3S2. The molecule has 0 aliphatic carbocycles. The molecule has 0 atom stereocenters. The Labute approximate surface area is 70.8 Å². The summed E-state index contributed by atoms with van der Waals surface area (Å²) in [4.78, 5) is 1.14. The van der Waals surface area contributed by atoms with Gasteiger partial charge in [-0.1, -0.05) is 6.07 Å². The molecule has 3 nitrogen and oxygen atoms in total. The predicted molar refractivity (Wildman–Crippen MR) is 44.3 cm³/mol. The van der Waals surface area contributed by atoms with Crippen LogP contribution < -0.4 is 0 Å². The smallest absolute Gasteiger partial charge is 0.257 e. The first-order valence-corrected chi connectivity index (χ1v) is 5.06. The van der Waals surface area contributed by atoms with Gasteiger partial charge in [-0.25, -0.2) is 8.42 Å². The molecule has 1 rings (SSSR count). The lowest BCUT2D eigenvalue weighted by Crippen LogP contribution is -1.94. The van der Waals surface area contributed by atoms with Crippen LogP contribution in [0.4, 0.5) is 0 Å². The van der Waals surface area contributed by atoms with E-state index in [1.807, 2.05) is 17.5 Å². The fourth-order valence-corrected chi connectivity index (χ4v) is 1.61. The molecule has 0 amide bonds. The molecule has 1 heterocycles. The molecule has 11 heavy (non-hydrogen) atoms. The van der Waals surface area contributed by atoms with Crippen LogP contribution in [0.1, 0.15) is 4.88 Å². The number of hydrogen-bond acceptors (Lipinski definition) is 4. The maximum Gasteiger partial charge on any atom is 0.257 e. The molecule has 0 saturated heterocycles. The summed E-state index contributed by atoms with van der Waals surface area (Å²) in [6.07, 6.45) is 0.668. The average molecular weight is 192 g/mol. The molecule has 5 heteroatoms. The minimum absolute atomic E-state index is 0.249. The molecule has 0 N–H and O–H groups in total. The molecule has 1 aromatic heterocycles. The highest BCUT2D eigenvalue weighted by atomic mass is 32.2. The van der Waals surface area contributed by atoms with Gasteiger partial charge < -0.3 is 0 Å². The highest BCUT2D eigenvalue weighted by Crippen LogP contribution is 2.08. The van der Waals surface area contributed by atoms with Crippen molar-refractivity contribution in [2.75, 3.05) is 6.61 Å². The minimum Gasteiger partial charge on any atom is -0.272 e. The van der Waals surface area contributed by atoms with Crippen LogP contribution in [-0.4, -0.2) is 15.0 Å². The van der Waals surface area contributed by atoms with Gasteiger partial charge in [-0.3, -0.25) is 4.18 Å². The van der Waals surface area contributed by atoms with Crippen molar-refractivity contribution in [1.82, 2.24) is 0 Å². The monoisotopic (exact) mass is 192 g/mol. The van der Waals surface area contributed by atoms with Gasteiger partial charge >= 0.3 is 0 Å². The molecule has 0 aliphatic rings. The normalized spacial score (nSPS) is 10.6. The van der Waals surface area contributed by atoms with Crippen molar-refractivity contribution in [3.05, 3.63) is 22.4 Å². The van der Waals surface area contributed by atoms with Crippen LogP contribution in [0.3, 0.4) is 0 Å². The largest absolute Gasteiger partial charge is 0.272 e. The van der Waals surface area contributed by atoms with Crippen molar-refractivity contribution in [1.29, 1.82) is 0 Å². The van der Waals surface area contributed by atoms with Crippen LogP contribution in [0.15, 0.2) is 17.5 Å². The molecule has 0 spiro atoms. The summed E-state index contributed by atoms with van der Waals surface area (Å²) < 4.78 is 24.3. The summed E-state index contributed by atoms with van der Waals surface area (Å²) in [5, 5.41) is 1.95. The SMILES string of the molecule is O=[SH](=O)OCCc1cccs1. The van der Waals surface area contributed by atoms with E-state index in [-0.39, 0.29) is 6.61 Å². The van der Waals surface area contributed by atoms with Gasteiger partial charge in [0, 0.05) is 11.3 Å². The second-order valence-electron chi connectivity index (χ2n) is 1.89. The van der Waals surface area contributed by atoms with Crippen LogP contribution in [0.5, 0.6) is 0 Å². The van der Waals surface area contributed by atoms with Gasteiger partial charge in [0.05, 0.1) is 6.61 Å². The van der Waals surface area contributed by atoms with Crippen molar-refractivity contribution in [2.45, 2.75) is 6.42 Å². The third kappa shape index (κ3) is 3.50. The lowest BCUT2D eigenvalue weighted by molar-refractivity contribution is 0.338. The van der Waals surface area contributed by atoms with E-state index in [0.717, 1.165) is 4.88 Å². The van der Waals surface area contributed by atoms with Gasteiger partial charge in [0.15, 0.2) is 0 Å². The molecule has 0 aliphatic heterocycles. The van der Waals surface area contributed by atoms with E-state index in [9.17, 15) is 8.42 Å². The summed E-state index contributed by atoms with van der Waals surface area (Å²) in [5.74, 6) is 0. The van der Waals surface area contributed by atoms with Gasteiger partial charge in [0.1, 0.15) is 0 Å². The zero-order valence-electron chi connectivity index (χ0n) is 5.73. The molecule has 0 fully saturated rings. The van der Waals surface area contributed by atoms with Crippen LogP contribution in [0, 0.1) is 0 Å². The summed E-state index contributed by atoms with van der Waals surface area (Å²) >= 11 is 1.60. The molecule has 0 saturated carbocycles. The molecule has 1 aromatic rings. The van der Waals surface area contributed by atoms with Crippen LogP contribution in [0.2, 0.25) is 0 Å². The van der Waals surface area contributed by atoms with E-state index in [1.165, 1.54) is 0 Å². The van der Waals surface area contributed by atoms with Gasteiger partial charge in [-0.15, -0.1) is 11.3 Å². The Balaban J connectivity index is 2.24. The van der Waals surface area contributed by atoms with E-state index in [4.69, 9.17) is 0 Å². The Morgan fingerprint density at radius 2 is 2.36 bits per heavy atom. The molecule has 0 unspecified atom stereocenters. The van der Waals surface area contributed by atoms with Crippen molar-refractivity contribution in [3.63, 3.8) is 0 Å². The molecule has 0 aromatic carbocycles. The maximum atomic E-state index is 9.95. The Kier molecular flexibility index (Phi) is 3.55. The first-order chi connectivity index (χ1) is 5.29. The third-order valence-corrected chi connectivity index (χ3v) is 2.45. The topological polar surface area (TPSA) is 43.4 Å². The maximum absolute atomic E-state index is 9.95. The van der Waals surface area contributed by atoms with Crippen LogP contribution in [-0.2, 0) is 21.6 Å². The van der Waals surface area contributed by atoms with Gasteiger partial charge in [0.25, 0.3) is 11.0 Å². The summed E-state index contributed by atoms with van der Waals surface area (Å²) in [5.41, 5.74) is 0. The van der Waals surface area contributed by atoms with E-state index < -0.39 is 11.0 Å². The van der Waals surface area contributed by atoms with Crippen molar-refractivity contribution < 1.29 is 12.6 Å². The lowest BCUT2D eigenvalue weighted by atomic mass is 10.4. The Hall–Kier alpha value is -0.390. The van der Waals surface area contributed by atoms with Crippen molar-refractivity contribution >= 4 is 22.3 Å². The van der Waals surface area contributed by atoms with Crippen molar-refractivity contribution in [3.8, 4) is 0 Å². The first-order valence-electron chi connectivity index (χ1n) is 3.09. The minimum atomic E-state index is -2.68. The first kappa shape index (κ1) is 8.70. The fraction of sp³-hybridized carbons (Fsp3) is 0.333. The van der Waals surface area contributed by atoms with Crippen LogP contribution in [0.25, 0.3) is 0 Å². The molecule has 62 valence electrons. The van der Waals surface area contributed by atoms with Gasteiger partial charge in [-0.2, -0.15) is 0 Å². The van der Waals surface area contributed by atoms with E-state index in [2.05, 4.69) is 4.18 Å². The fourth-order valence-electron chi connectivity index (χ4n) is 0.676. The van der Waals surface area contributed by atoms with Crippen LogP contribution >= 0.6 is 11.3 Å². The summed E-state index contributed by atoms with van der Waals surface area (Å²) in [6.45, 7) is 0.249. The highest BCUT2D eigenvalue weighted by Gasteiger charge is 1.93. The molecule has 0 radical (unpaired) electrons. The lowest BCUT2D eigenvalue weighted by Gasteiger charge is -1.92. The summed E-state index contributed by atoms with van der Waals surface area (Å²) in [7, 11) is -2.68. The van der Waals surface area contributed by atoms with E-state index in [1.54, 1.807) is 11.3 Å². The van der Waals surface area contributed by atoms with Gasteiger partial charge in [0.2, 0.25) is 0 Å². The third-order valence-electron chi connectivity index (χ3n) is 1.13. The number of rotatable bonds is 4. The Morgan fingerprint density at radius 3 is 2.91 bits per heavy atom. The Bertz CT molecular complexity index is 255. The number of thiol groups is 1. The zero-order valence-corrected chi connectivity index (χ0v) is 7.44. The average Bonchev–Trinajstić information content (AvgIpc) is 2.39. The number of thiophene rings is 1. The zero-order chi connectivity index (χ0) is 8.10. The van der Waals surface area contributed by atoms with Gasteiger partial charge in [-0.05, 0) is 11.4 Å². The second-order valence-corrected chi connectivity index (χ2v) is 3.62. The standard InChI is InChI=1S/C6H8O3S2/c7-11(8)9-4-3-6-2-1-5-10-6/h1-2,5,11H,3-4H2. The number of hydrogen-bond donors (Lipinski definition) is 1. The molecular weight excluding hydrogens is 184 g/mol. The Morgan fingerprint density at radius 1 is 1.55 bits per heavy atom.